The van der Waals surface area contributed by atoms with Gasteiger partial charge in [-0.05, 0) is 68.9 Å². The van der Waals surface area contributed by atoms with Crippen molar-refractivity contribution in [2.24, 2.45) is 0 Å². The molecule has 6 heteroatoms. The molecule has 152 valence electrons. The number of piperidine rings is 1. The largest absolute Gasteiger partial charge is 0.457 e. The summed E-state index contributed by atoms with van der Waals surface area (Å²) in [4.78, 5) is 7.44. The molecule has 1 fully saturated rings. The molecule has 6 nitrogen and oxygen atoms in total. The first kappa shape index (κ1) is 18.6. The van der Waals surface area contributed by atoms with E-state index in [1.807, 2.05) is 54.6 Å². The van der Waals surface area contributed by atoms with Gasteiger partial charge in [0.05, 0.1) is 16.6 Å². The van der Waals surface area contributed by atoms with Crippen LogP contribution in [0.4, 0.5) is 5.82 Å². The number of aromatic amines is 1. The Kier molecular flexibility index (Phi) is 4.85. The summed E-state index contributed by atoms with van der Waals surface area (Å²) in [6, 6.07) is 19.9. The molecule has 1 atom stereocenters. The van der Waals surface area contributed by atoms with Crippen LogP contribution >= 0.6 is 0 Å². The average molecular weight is 399 g/mol. The molecule has 0 bridgehead atoms. The fourth-order valence-electron chi connectivity index (χ4n) is 4.22. The van der Waals surface area contributed by atoms with E-state index >= 15 is 0 Å². The molecule has 5 rings (SSSR count). The number of para-hydroxylation sites is 1. The van der Waals surface area contributed by atoms with Crippen LogP contribution in [0.25, 0.3) is 22.2 Å². The second-order valence-electron chi connectivity index (χ2n) is 7.97. The van der Waals surface area contributed by atoms with Crippen LogP contribution < -0.4 is 10.5 Å². The third kappa shape index (κ3) is 3.62. The molecule has 1 aliphatic heterocycles. The molecule has 0 aliphatic carbocycles. The van der Waals surface area contributed by atoms with Crippen LogP contribution in [-0.4, -0.2) is 40.2 Å². The van der Waals surface area contributed by atoms with Crippen LogP contribution in [0, 0.1) is 0 Å². The summed E-state index contributed by atoms with van der Waals surface area (Å²) >= 11 is 0. The van der Waals surface area contributed by atoms with Crippen LogP contribution in [0.2, 0.25) is 0 Å². The minimum absolute atomic E-state index is 0.414. The Morgan fingerprint density at radius 3 is 2.60 bits per heavy atom. The number of pyridine rings is 1. The topological polar surface area (TPSA) is 80.1 Å². The number of anilines is 1. The zero-order chi connectivity index (χ0) is 20.5. The maximum Gasteiger partial charge on any atom is 0.155 e. The number of likely N-dealkylation sites (N-methyl/N-ethyl adjacent to an activating group) is 1. The number of H-pyrrole nitrogens is 1. The third-order valence-corrected chi connectivity index (χ3v) is 5.74. The lowest BCUT2D eigenvalue weighted by atomic mass is 9.93. The molecule has 2 aromatic heterocycles. The van der Waals surface area contributed by atoms with E-state index < -0.39 is 0 Å². The van der Waals surface area contributed by atoms with E-state index in [-0.39, 0.29) is 0 Å². The molecule has 0 spiro atoms. The van der Waals surface area contributed by atoms with Crippen molar-refractivity contribution in [2.45, 2.75) is 18.8 Å². The van der Waals surface area contributed by atoms with Gasteiger partial charge < -0.3 is 15.4 Å². The van der Waals surface area contributed by atoms with Gasteiger partial charge in [-0.25, -0.2) is 0 Å². The number of benzene rings is 2. The highest BCUT2D eigenvalue weighted by Gasteiger charge is 2.23. The predicted molar refractivity (Wildman–Crippen MR) is 120 cm³/mol. The van der Waals surface area contributed by atoms with Crippen molar-refractivity contribution < 1.29 is 4.74 Å². The number of hydrogen-bond acceptors (Lipinski definition) is 5. The molecule has 0 amide bonds. The Morgan fingerprint density at radius 2 is 1.83 bits per heavy atom. The molecule has 3 N–H and O–H groups in total. The molecule has 30 heavy (non-hydrogen) atoms. The maximum atomic E-state index is 6.18. The van der Waals surface area contributed by atoms with Gasteiger partial charge in [0.15, 0.2) is 5.82 Å². The molecular formula is C24H25N5O. The van der Waals surface area contributed by atoms with Gasteiger partial charge in [-0.15, -0.1) is 0 Å². The van der Waals surface area contributed by atoms with E-state index in [2.05, 4.69) is 28.2 Å². The summed E-state index contributed by atoms with van der Waals surface area (Å²) in [6.07, 6.45) is 2.34. The van der Waals surface area contributed by atoms with E-state index in [0.29, 0.717) is 11.7 Å². The lowest BCUT2D eigenvalue weighted by molar-refractivity contribution is 0.248. The molecule has 1 saturated heterocycles. The number of fused-ring (bicyclic) bond motifs is 1. The van der Waals surface area contributed by atoms with Crippen LogP contribution in [0.1, 0.15) is 24.5 Å². The minimum Gasteiger partial charge on any atom is -0.457 e. The van der Waals surface area contributed by atoms with E-state index in [4.69, 9.17) is 15.5 Å². The molecular weight excluding hydrogens is 374 g/mol. The van der Waals surface area contributed by atoms with Crippen molar-refractivity contribution in [1.82, 2.24) is 20.1 Å². The fraction of sp³-hybridized carbons (Fsp3) is 0.250. The van der Waals surface area contributed by atoms with Crippen molar-refractivity contribution in [2.75, 3.05) is 25.9 Å². The van der Waals surface area contributed by atoms with Crippen molar-refractivity contribution in [3.63, 3.8) is 0 Å². The second kappa shape index (κ2) is 7.80. The quantitative estimate of drug-likeness (QED) is 0.515. The highest BCUT2D eigenvalue weighted by Crippen LogP contribution is 2.35. The van der Waals surface area contributed by atoms with Crippen molar-refractivity contribution >= 4 is 16.7 Å². The molecule has 0 saturated carbocycles. The number of aromatic nitrogens is 3. The van der Waals surface area contributed by atoms with Gasteiger partial charge in [0, 0.05) is 23.7 Å². The summed E-state index contributed by atoms with van der Waals surface area (Å²) in [6.45, 7) is 2.16. The first-order valence-electron chi connectivity index (χ1n) is 10.3. The Labute approximate surface area is 175 Å². The third-order valence-electron chi connectivity index (χ3n) is 5.74. The smallest absolute Gasteiger partial charge is 0.155 e. The predicted octanol–water partition coefficient (Wildman–Crippen LogP) is 4.81. The number of nitrogens with zero attached hydrogens (tertiary/aromatic N) is 3. The summed E-state index contributed by atoms with van der Waals surface area (Å²) in [7, 11) is 2.17. The zero-order valence-corrected chi connectivity index (χ0v) is 17.0. The van der Waals surface area contributed by atoms with Gasteiger partial charge in [-0.2, -0.15) is 5.10 Å². The van der Waals surface area contributed by atoms with Gasteiger partial charge in [0.2, 0.25) is 0 Å². The zero-order valence-electron chi connectivity index (χ0n) is 17.0. The Morgan fingerprint density at radius 1 is 1.07 bits per heavy atom. The Bertz CT molecular complexity index is 1150. The number of likely N-dealkylation sites (tertiary alicyclic amines) is 1. The van der Waals surface area contributed by atoms with Gasteiger partial charge in [0.1, 0.15) is 11.5 Å². The van der Waals surface area contributed by atoms with Crippen molar-refractivity contribution in [3.05, 3.63) is 66.4 Å². The van der Waals surface area contributed by atoms with Crippen molar-refractivity contribution in [1.29, 1.82) is 0 Å². The first-order chi connectivity index (χ1) is 14.7. The number of hydrogen-bond donors (Lipinski definition) is 2. The number of nitrogen functional groups attached to an aromatic ring is 1. The Balaban J connectivity index is 1.51. The van der Waals surface area contributed by atoms with Gasteiger partial charge in [-0.3, -0.25) is 10.1 Å². The van der Waals surface area contributed by atoms with E-state index in [0.717, 1.165) is 58.9 Å². The highest BCUT2D eigenvalue weighted by molar-refractivity contribution is 6.00. The number of ether oxygens (including phenoxy) is 1. The van der Waals surface area contributed by atoms with Gasteiger partial charge in [-0.1, -0.05) is 18.2 Å². The van der Waals surface area contributed by atoms with Crippen LogP contribution in [0.5, 0.6) is 11.5 Å². The SMILES string of the molecule is CN1CCCC(c2cc3[nH]nc(N)c3c(-c3ccc(Oc4ccccc4)cc3)n2)C1. The normalized spacial score (nSPS) is 17.3. The maximum absolute atomic E-state index is 6.18. The van der Waals surface area contributed by atoms with Gasteiger partial charge >= 0.3 is 0 Å². The number of nitrogens with one attached hydrogen (secondary N) is 1. The first-order valence-corrected chi connectivity index (χ1v) is 10.3. The number of nitrogens with two attached hydrogens (primary N) is 1. The molecule has 4 aromatic rings. The fourth-order valence-corrected chi connectivity index (χ4v) is 4.22. The monoisotopic (exact) mass is 399 g/mol. The molecule has 1 aliphatic rings. The average Bonchev–Trinajstić information content (AvgIpc) is 3.15. The van der Waals surface area contributed by atoms with E-state index in [9.17, 15) is 0 Å². The molecule has 3 heterocycles. The summed E-state index contributed by atoms with van der Waals surface area (Å²) in [5.74, 6) is 2.49. The standard InChI is InChI=1S/C24H25N5O/c1-29-13-5-6-17(15-29)20-14-21-22(24(25)28-27-21)23(26-20)16-9-11-19(12-10-16)30-18-7-3-2-4-8-18/h2-4,7-12,14,17H,5-6,13,15H2,1H3,(H3,25,27,28). The van der Waals surface area contributed by atoms with Crippen LogP contribution in [0.15, 0.2) is 60.7 Å². The lowest BCUT2D eigenvalue weighted by Gasteiger charge is -2.29. The van der Waals surface area contributed by atoms with Crippen molar-refractivity contribution in [3.8, 4) is 22.8 Å². The summed E-state index contributed by atoms with van der Waals surface area (Å²) in [5, 5.41) is 8.19. The van der Waals surface area contributed by atoms with Crippen LogP contribution in [0.3, 0.4) is 0 Å². The van der Waals surface area contributed by atoms with Crippen LogP contribution in [-0.2, 0) is 0 Å². The van der Waals surface area contributed by atoms with Gasteiger partial charge in [0.25, 0.3) is 0 Å². The minimum atomic E-state index is 0.414. The van der Waals surface area contributed by atoms with E-state index in [1.54, 1.807) is 0 Å². The second-order valence-corrected chi connectivity index (χ2v) is 7.97. The molecule has 1 unspecified atom stereocenters. The van der Waals surface area contributed by atoms with E-state index in [1.165, 1.54) is 6.42 Å². The summed E-state index contributed by atoms with van der Waals surface area (Å²) < 4.78 is 5.93. The molecule has 0 radical (unpaired) electrons. The Hall–Kier alpha value is -3.38. The molecule has 2 aromatic carbocycles. The highest BCUT2D eigenvalue weighted by atomic mass is 16.5. The summed E-state index contributed by atoms with van der Waals surface area (Å²) in [5.41, 5.74) is 10.1. The lowest BCUT2D eigenvalue weighted by Crippen LogP contribution is -2.31. The number of rotatable bonds is 4.